The van der Waals surface area contributed by atoms with Gasteiger partial charge >= 0.3 is 5.97 Å². The van der Waals surface area contributed by atoms with Gasteiger partial charge in [-0.1, -0.05) is 49.2 Å². The first-order valence-electron chi connectivity index (χ1n) is 8.69. The van der Waals surface area contributed by atoms with E-state index in [0.717, 1.165) is 18.4 Å². The molecule has 128 valence electrons. The highest BCUT2D eigenvalue weighted by atomic mass is 16.5. The summed E-state index contributed by atoms with van der Waals surface area (Å²) in [4.78, 5) is 24.9. The number of esters is 1. The number of benzene rings is 1. The standard InChI is InChI=1S/C21H26O3/c1-13-5-7-14(8-6-13)16-9-15-11-21(2,3)12-19(22)17(15)10-18(16)20(23)24-4/h5-8,16,18H,9-12H2,1-4H3/t16-,18-/m1/s1. The van der Waals surface area contributed by atoms with Crippen LogP contribution in [0.15, 0.2) is 35.4 Å². The lowest BCUT2D eigenvalue weighted by Crippen LogP contribution is -2.35. The highest BCUT2D eigenvalue weighted by Gasteiger charge is 2.42. The molecule has 0 saturated carbocycles. The summed E-state index contributed by atoms with van der Waals surface area (Å²) in [6.07, 6.45) is 2.84. The van der Waals surface area contributed by atoms with Gasteiger partial charge in [-0.2, -0.15) is 0 Å². The van der Waals surface area contributed by atoms with Gasteiger partial charge in [0.2, 0.25) is 0 Å². The number of hydrogen-bond donors (Lipinski definition) is 0. The number of aryl methyl sites for hydroxylation is 1. The molecular formula is C21H26O3. The van der Waals surface area contributed by atoms with Crippen LogP contribution in [0.4, 0.5) is 0 Å². The Bertz CT molecular complexity index is 694. The Labute approximate surface area is 144 Å². The number of hydrogen-bond acceptors (Lipinski definition) is 3. The minimum atomic E-state index is -0.262. The third kappa shape index (κ3) is 3.17. The summed E-state index contributed by atoms with van der Waals surface area (Å²) < 4.78 is 5.05. The second-order valence-electron chi connectivity index (χ2n) is 8.08. The molecule has 0 heterocycles. The summed E-state index contributed by atoms with van der Waals surface area (Å²) in [7, 11) is 1.43. The summed E-state index contributed by atoms with van der Waals surface area (Å²) >= 11 is 0. The molecule has 1 aromatic rings. The van der Waals surface area contributed by atoms with Crippen molar-refractivity contribution in [2.24, 2.45) is 11.3 Å². The van der Waals surface area contributed by atoms with Gasteiger partial charge in [-0.15, -0.1) is 0 Å². The van der Waals surface area contributed by atoms with Gasteiger partial charge in [0.05, 0.1) is 13.0 Å². The first kappa shape index (κ1) is 16.9. The van der Waals surface area contributed by atoms with Crippen molar-refractivity contribution in [1.82, 2.24) is 0 Å². The average molecular weight is 326 g/mol. The highest BCUT2D eigenvalue weighted by Crippen LogP contribution is 2.49. The van der Waals surface area contributed by atoms with Gasteiger partial charge in [-0.25, -0.2) is 0 Å². The van der Waals surface area contributed by atoms with E-state index in [1.165, 1.54) is 23.8 Å². The molecule has 0 fully saturated rings. The van der Waals surface area contributed by atoms with Gasteiger partial charge in [0, 0.05) is 12.3 Å². The maximum absolute atomic E-state index is 12.6. The van der Waals surface area contributed by atoms with Crippen LogP contribution in [0.5, 0.6) is 0 Å². The molecule has 0 aliphatic heterocycles. The molecule has 0 spiro atoms. The number of carbonyl (C=O) groups is 2. The van der Waals surface area contributed by atoms with Crippen LogP contribution in [0.2, 0.25) is 0 Å². The number of ketones is 1. The van der Waals surface area contributed by atoms with Crippen molar-refractivity contribution in [3.8, 4) is 0 Å². The van der Waals surface area contributed by atoms with E-state index < -0.39 is 0 Å². The fourth-order valence-electron chi connectivity index (χ4n) is 4.27. The number of Topliss-reactive ketones (excluding diaryl/α,β-unsaturated/α-hetero) is 1. The molecule has 0 N–H and O–H groups in total. The SMILES string of the molecule is COC(=O)[C@@H]1CC2=C(C[C@@H]1c1ccc(C)cc1)CC(C)(C)CC2=O. The lowest BCUT2D eigenvalue weighted by Gasteiger charge is -2.39. The van der Waals surface area contributed by atoms with E-state index in [-0.39, 0.29) is 29.0 Å². The molecule has 1 aromatic carbocycles. The van der Waals surface area contributed by atoms with E-state index in [9.17, 15) is 9.59 Å². The molecule has 2 aliphatic carbocycles. The Morgan fingerprint density at radius 3 is 2.42 bits per heavy atom. The maximum atomic E-state index is 12.6. The zero-order valence-corrected chi connectivity index (χ0v) is 15.0. The van der Waals surface area contributed by atoms with Crippen molar-refractivity contribution < 1.29 is 14.3 Å². The Kier molecular flexibility index (Phi) is 4.37. The van der Waals surface area contributed by atoms with Gasteiger partial charge in [0.1, 0.15) is 0 Å². The molecular weight excluding hydrogens is 300 g/mol. The summed E-state index contributed by atoms with van der Waals surface area (Å²) in [6, 6.07) is 8.39. The van der Waals surface area contributed by atoms with E-state index in [1.807, 2.05) is 0 Å². The summed E-state index contributed by atoms with van der Waals surface area (Å²) in [5, 5.41) is 0. The smallest absolute Gasteiger partial charge is 0.309 e. The minimum Gasteiger partial charge on any atom is -0.469 e. The van der Waals surface area contributed by atoms with Crippen LogP contribution >= 0.6 is 0 Å². The second-order valence-corrected chi connectivity index (χ2v) is 8.08. The van der Waals surface area contributed by atoms with E-state index in [0.29, 0.717) is 12.8 Å². The van der Waals surface area contributed by atoms with Gasteiger partial charge in [0.25, 0.3) is 0 Å². The van der Waals surface area contributed by atoms with Crippen molar-refractivity contribution in [3.63, 3.8) is 0 Å². The number of allylic oxidation sites excluding steroid dienone is 2. The van der Waals surface area contributed by atoms with Crippen molar-refractivity contribution in [2.45, 2.75) is 52.4 Å². The lowest BCUT2D eigenvalue weighted by molar-refractivity contribution is -0.146. The molecule has 3 heteroatoms. The fourth-order valence-corrected chi connectivity index (χ4v) is 4.27. The molecule has 0 radical (unpaired) electrons. The molecule has 2 atom stereocenters. The lowest BCUT2D eigenvalue weighted by atomic mass is 9.64. The number of carbonyl (C=O) groups excluding carboxylic acids is 2. The van der Waals surface area contributed by atoms with Gasteiger partial charge in [-0.05, 0) is 42.7 Å². The van der Waals surface area contributed by atoms with Crippen LogP contribution < -0.4 is 0 Å². The summed E-state index contributed by atoms with van der Waals surface area (Å²) in [5.74, 6) is -0.151. The molecule has 0 saturated heterocycles. The van der Waals surface area contributed by atoms with E-state index in [2.05, 4.69) is 45.0 Å². The predicted molar refractivity (Wildman–Crippen MR) is 93.7 cm³/mol. The first-order valence-corrected chi connectivity index (χ1v) is 8.69. The summed E-state index contributed by atoms with van der Waals surface area (Å²) in [5.41, 5.74) is 4.54. The van der Waals surface area contributed by atoms with Gasteiger partial charge in [-0.3, -0.25) is 9.59 Å². The van der Waals surface area contributed by atoms with Crippen molar-refractivity contribution in [1.29, 1.82) is 0 Å². The Morgan fingerprint density at radius 1 is 1.12 bits per heavy atom. The van der Waals surface area contributed by atoms with Crippen LogP contribution in [0.1, 0.15) is 56.6 Å². The van der Waals surface area contributed by atoms with Crippen LogP contribution in [0.25, 0.3) is 0 Å². The van der Waals surface area contributed by atoms with E-state index >= 15 is 0 Å². The molecule has 3 rings (SSSR count). The predicted octanol–water partition coefficient (Wildman–Crippen LogP) is 4.35. The van der Waals surface area contributed by atoms with Crippen molar-refractivity contribution in [3.05, 3.63) is 46.5 Å². The van der Waals surface area contributed by atoms with E-state index in [1.54, 1.807) is 0 Å². The van der Waals surface area contributed by atoms with Crippen molar-refractivity contribution >= 4 is 11.8 Å². The number of ether oxygens (including phenoxy) is 1. The van der Waals surface area contributed by atoms with Crippen LogP contribution in [0, 0.1) is 18.3 Å². The summed E-state index contributed by atoms with van der Waals surface area (Å²) in [6.45, 7) is 6.37. The second kappa shape index (κ2) is 6.19. The Hall–Kier alpha value is -1.90. The minimum absolute atomic E-state index is 0.0197. The normalized spacial score (nSPS) is 26.1. The fraction of sp³-hybridized carbons (Fsp3) is 0.524. The molecule has 0 aromatic heterocycles. The Balaban J connectivity index is 2.00. The maximum Gasteiger partial charge on any atom is 0.309 e. The zero-order valence-electron chi connectivity index (χ0n) is 15.0. The Morgan fingerprint density at radius 2 is 1.79 bits per heavy atom. The molecule has 3 nitrogen and oxygen atoms in total. The van der Waals surface area contributed by atoms with Crippen LogP contribution in [0.3, 0.4) is 0 Å². The molecule has 2 aliphatic rings. The quantitative estimate of drug-likeness (QED) is 0.759. The molecule has 0 amide bonds. The highest BCUT2D eigenvalue weighted by molar-refractivity contribution is 5.98. The largest absolute Gasteiger partial charge is 0.469 e. The third-order valence-corrected chi connectivity index (χ3v) is 5.48. The van der Waals surface area contributed by atoms with Crippen LogP contribution in [-0.2, 0) is 14.3 Å². The monoisotopic (exact) mass is 326 g/mol. The molecule has 24 heavy (non-hydrogen) atoms. The van der Waals surface area contributed by atoms with Gasteiger partial charge < -0.3 is 4.74 Å². The number of methoxy groups -OCH3 is 1. The zero-order chi connectivity index (χ0) is 17.5. The molecule has 0 bridgehead atoms. The van der Waals surface area contributed by atoms with E-state index in [4.69, 9.17) is 4.74 Å². The first-order chi connectivity index (χ1) is 11.3. The van der Waals surface area contributed by atoms with Gasteiger partial charge in [0.15, 0.2) is 5.78 Å². The number of rotatable bonds is 2. The average Bonchev–Trinajstić information content (AvgIpc) is 2.53. The van der Waals surface area contributed by atoms with Crippen LogP contribution in [-0.4, -0.2) is 18.9 Å². The van der Waals surface area contributed by atoms with Crippen molar-refractivity contribution in [2.75, 3.05) is 7.11 Å². The topological polar surface area (TPSA) is 43.4 Å². The molecule has 0 unspecified atom stereocenters. The third-order valence-electron chi connectivity index (χ3n) is 5.48.